The third-order valence-electron chi connectivity index (χ3n) is 2.86. The van der Waals surface area contributed by atoms with Gasteiger partial charge < -0.3 is 20.5 Å². The van der Waals surface area contributed by atoms with E-state index < -0.39 is 6.10 Å². The molecular weight excluding hydrogens is 256 g/mol. The van der Waals surface area contributed by atoms with Crippen molar-refractivity contribution in [3.63, 3.8) is 0 Å². The second-order valence-corrected chi connectivity index (χ2v) is 4.58. The van der Waals surface area contributed by atoms with Crippen molar-refractivity contribution in [2.24, 2.45) is 5.73 Å². The fourth-order valence-corrected chi connectivity index (χ4v) is 1.73. The van der Waals surface area contributed by atoms with Crippen LogP contribution in [0.15, 0.2) is 24.3 Å². The Hall–Kier alpha value is -1.59. The van der Waals surface area contributed by atoms with E-state index in [1.807, 2.05) is 24.3 Å². The molecule has 0 heterocycles. The number of methoxy groups -OCH3 is 1. The fraction of sp³-hybridized carbons (Fsp3) is 0.533. The highest BCUT2D eigenvalue weighted by Gasteiger charge is 2.13. The van der Waals surface area contributed by atoms with E-state index in [1.165, 1.54) is 0 Å². The van der Waals surface area contributed by atoms with Gasteiger partial charge in [0.1, 0.15) is 5.75 Å². The van der Waals surface area contributed by atoms with Crippen molar-refractivity contribution in [3.05, 3.63) is 29.8 Å². The van der Waals surface area contributed by atoms with E-state index in [0.29, 0.717) is 25.4 Å². The maximum Gasteiger partial charge on any atom is 0.260 e. The molecule has 0 aliphatic heterocycles. The molecule has 20 heavy (non-hydrogen) atoms. The molecule has 1 unspecified atom stereocenters. The van der Waals surface area contributed by atoms with Crippen molar-refractivity contribution >= 4 is 5.91 Å². The first-order valence-corrected chi connectivity index (χ1v) is 6.89. The number of amides is 1. The van der Waals surface area contributed by atoms with Crippen LogP contribution in [0.1, 0.15) is 18.9 Å². The van der Waals surface area contributed by atoms with E-state index in [-0.39, 0.29) is 5.91 Å². The van der Waals surface area contributed by atoms with Crippen LogP contribution in [0.2, 0.25) is 0 Å². The second kappa shape index (κ2) is 9.34. The third-order valence-corrected chi connectivity index (χ3v) is 2.86. The van der Waals surface area contributed by atoms with Crippen molar-refractivity contribution in [1.29, 1.82) is 0 Å². The van der Waals surface area contributed by atoms with Crippen LogP contribution in [0.4, 0.5) is 0 Å². The number of rotatable bonds is 9. The Balaban J connectivity index is 2.36. The summed E-state index contributed by atoms with van der Waals surface area (Å²) in [5, 5.41) is 2.81. The number of ether oxygens (including phenoxy) is 2. The molecule has 1 amide bonds. The summed E-state index contributed by atoms with van der Waals surface area (Å²) in [7, 11) is 1.64. The van der Waals surface area contributed by atoms with Gasteiger partial charge in [-0.1, -0.05) is 12.1 Å². The SMILES string of the molecule is COCCCNC(=O)C(C)Oc1ccc(CCN)cc1. The molecule has 1 aromatic rings. The molecule has 0 saturated carbocycles. The molecule has 5 heteroatoms. The lowest BCUT2D eigenvalue weighted by atomic mass is 10.1. The van der Waals surface area contributed by atoms with E-state index in [4.69, 9.17) is 15.2 Å². The standard InChI is InChI=1S/C15H24N2O3/c1-12(15(18)17-10-3-11-19-2)20-14-6-4-13(5-7-14)8-9-16/h4-7,12H,3,8-11,16H2,1-2H3,(H,17,18). The van der Waals surface area contributed by atoms with Crippen LogP contribution in [-0.4, -0.2) is 38.8 Å². The Labute approximate surface area is 120 Å². The number of hydrogen-bond acceptors (Lipinski definition) is 4. The third kappa shape index (κ3) is 6.04. The van der Waals surface area contributed by atoms with E-state index in [9.17, 15) is 4.79 Å². The summed E-state index contributed by atoms with van der Waals surface area (Å²) in [5.74, 6) is 0.567. The lowest BCUT2D eigenvalue weighted by molar-refractivity contribution is -0.127. The fourth-order valence-electron chi connectivity index (χ4n) is 1.73. The van der Waals surface area contributed by atoms with Gasteiger partial charge in [-0.2, -0.15) is 0 Å². The van der Waals surface area contributed by atoms with Crippen LogP contribution >= 0.6 is 0 Å². The van der Waals surface area contributed by atoms with Crippen LogP contribution < -0.4 is 15.8 Å². The zero-order chi connectivity index (χ0) is 14.8. The minimum atomic E-state index is -0.516. The maximum atomic E-state index is 11.8. The monoisotopic (exact) mass is 280 g/mol. The lowest BCUT2D eigenvalue weighted by Gasteiger charge is -2.15. The number of nitrogens with two attached hydrogens (primary N) is 1. The molecule has 3 N–H and O–H groups in total. The van der Waals surface area contributed by atoms with Crippen LogP contribution in [0, 0.1) is 0 Å². The number of carbonyl (C=O) groups excluding carboxylic acids is 1. The van der Waals surface area contributed by atoms with Crippen LogP contribution in [0.3, 0.4) is 0 Å². The topological polar surface area (TPSA) is 73.6 Å². The molecule has 0 aliphatic rings. The average molecular weight is 280 g/mol. The van der Waals surface area contributed by atoms with Gasteiger partial charge in [-0.15, -0.1) is 0 Å². The van der Waals surface area contributed by atoms with Gasteiger partial charge in [0.05, 0.1) is 0 Å². The Morgan fingerprint density at radius 2 is 2.05 bits per heavy atom. The minimum Gasteiger partial charge on any atom is -0.481 e. The lowest BCUT2D eigenvalue weighted by Crippen LogP contribution is -2.37. The summed E-state index contributed by atoms with van der Waals surface area (Å²) >= 11 is 0. The average Bonchev–Trinajstić information content (AvgIpc) is 2.45. The predicted molar refractivity (Wildman–Crippen MR) is 78.8 cm³/mol. The van der Waals surface area contributed by atoms with Crippen LogP contribution in [-0.2, 0) is 16.0 Å². The number of hydrogen-bond donors (Lipinski definition) is 2. The molecule has 5 nitrogen and oxygen atoms in total. The molecular formula is C15H24N2O3. The molecule has 0 saturated heterocycles. The zero-order valence-electron chi connectivity index (χ0n) is 12.2. The van der Waals surface area contributed by atoms with Gasteiger partial charge in [0.2, 0.25) is 0 Å². The molecule has 0 aromatic heterocycles. The van der Waals surface area contributed by atoms with Gasteiger partial charge in [0, 0.05) is 20.3 Å². The minimum absolute atomic E-state index is 0.118. The van der Waals surface area contributed by atoms with Gasteiger partial charge in [0.25, 0.3) is 5.91 Å². The molecule has 1 atom stereocenters. The summed E-state index contributed by atoms with van der Waals surface area (Å²) in [6.45, 7) is 3.59. The Morgan fingerprint density at radius 3 is 2.65 bits per heavy atom. The van der Waals surface area contributed by atoms with Gasteiger partial charge in [-0.05, 0) is 44.0 Å². The molecule has 1 rings (SSSR count). The largest absolute Gasteiger partial charge is 0.481 e. The normalized spacial score (nSPS) is 11.9. The second-order valence-electron chi connectivity index (χ2n) is 4.58. The summed E-state index contributed by atoms with van der Waals surface area (Å²) < 4.78 is 10.5. The highest BCUT2D eigenvalue weighted by molar-refractivity contribution is 5.80. The van der Waals surface area contributed by atoms with E-state index in [0.717, 1.165) is 18.4 Å². The predicted octanol–water partition coefficient (Wildman–Crippen LogP) is 1.11. The number of nitrogens with one attached hydrogen (secondary N) is 1. The van der Waals surface area contributed by atoms with Crippen molar-refractivity contribution < 1.29 is 14.3 Å². The molecule has 112 valence electrons. The van der Waals surface area contributed by atoms with Gasteiger partial charge in [0.15, 0.2) is 6.10 Å². The van der Waals surface area contributed by atoms with Crippen LogP contribution in [0.5, 0.6) is 5.75 Å². The van der Waals surface area contributed by atoms with Gasteiger partial charge >= 0.3 is 0 Å². The van der Waals surface area contributed by atoms with Gasteiger partial charge in [-0.3, -0.25) is 4.79 Å². The quantitative estimate of drug-likeness (QED) is 0.665. The number of benzene rings is 1. The molecule has 0 fully saturated rings. The first-order valence-electron chi connectivity index (χ1n) is 6.89. The number of carbonyl (C=O) groups is 1. The Bertz CT molecular complexity index is 393. The molecule has 0 aliphatic carbocycles. The molecule has 0 radical (unpaired) electrons. The zero-order valence-corrected chi connectivity index (χ0v) is 12.2. The summed E-state index contributed by atoms with van der Waals surface area (Å²) in [6, 6.07) is 7.65. The van der Waals surface area contributed by atoms with E-state index in [2.05, 4.69) is 5.32 Å². The van der Waals surface area contributed by atoms with Crippen molar-refractivity contribution in [2.45, 2.75) is 25.9 Å². The summed E-state index contributed by atoms with van der Waals surface area (Å²) in [6.07, 6.45) is 1.12. The van der Waals surface area contributed by atoms with E-state index >= 15 is 0 Å². The summed E-state index contributed by atoms with van der Waals surface area (Å²) in [5.41, 5.74) is 6.66. The van der Waals surface area contributed by atoms with Crippen molar-refractivity contribution in [2.75, 3.05) is 26.8 Å². The Kier molecular flexibility index (Phi) is 7.69. The van der Waals surface area contributed by atoms with Crippen LogP contribution in [0.25, 0.3) is 0 Å². The van der Waals surface area contributed by atoms with Gasteiger partial charge in [-0.25, -0.2) is 0 Å². The Morgan fingerprint density at radius 1 is 1.35 bits per heavy atom. The first-order chi connectivity index (χ1) is 9.67. The maximum absolute atomic E-state index is 11.8. The summed E-state index contributed by atoms with van der Waals surface area (Å²) in [4.78, 5) is 11.8. The van der Waals surface area contributed by atoms with Crippen molar-refractivity contribution in [1.82, 2.24) is 5.32 Å². The first kappa shape index (κ1) is 16.5. The smallest absolute Gasteiger partial charge is 0.260 e. The van der Waals surface area contributed by atoms with Crippen molar-refractivity contribution in [3.8, 4) is 5.75 Å². The molecule has 1 aromatic carbocycles. The molecule has 0 bridgehead atoms. The highest BCUT2D eigenvalue weighted by Crippen LogP contribution is 2.14. The van der Waals surface area contributed by atoms with E-state index in [1.54, 1.807) is 14.0 Å². The highest BCUT2D eigenvalue weighted by atomic mass is 16.5. The molecule has 0 spiro atoms.